The van der Waals surface area contributed by atoms with E-state index in [9.17, 15) is 0 Å². The molecular formula is C2H5B2. The van der Waals surface area contributed by atoms with Crippen molar-refractivity contribution in [3.05, 3.63) is 6.32 Å². The van der Waals surface area contributed by atoms with Crippen molar-refractivity contribution in [3.63, 3.8) is 0 Å². The first kappa shape index (κ1) is 2.37. The predicted octanol–water partition coefficient (Wildman–Crippen LogP) is -0.632. The topological polar surface area (TPSA) is 0 Å². The average molecular weight is 50.7 g/mol. The zero-order valence-corrected chi connectivity index (χ0v) is 2.70. The highest BCUT2D eigenvalue weighted by Gasteiger charge is 2.00. The van der Waals surface area contributed by atoms with Crippen molar-refractivity contribution < 1.29 is 0 Å². The van der Waals surface area contributed by atoms with Gasteiger partial charge in [-0.3, -0.25) is 0 Å². The molecule has 1 rings (SSSR count). The molecule has 1 saturated heterocycles. The van der Waals surface area contributed by atoms with Gasteiger partial charge >= 0.3 is 0 Å². The first-order valence-electron chi connectivity index (χ1n) is 1.82. The van der Waals surface area contributed by atoms with E-state index in [4.69, 9.17) is 0 Å². The van der Waals surface area contributed by atoms with Crippen LogP contribution >= 0.6 is 0 Å². The standard InChI is InChI=1S/C2H5B2/c1-2-4-3-1/h1,3-4H,2H2. The van der Waals surface area contributed by atoms with Crippen molar-refractivity contribution in [3.8, 4) is 0 Å². The minimum absolute atomic E-state index is 1.38. The van der Waals surface area contributed by atoms with E-state index in [1.165, 1.54) is 20.7 Å². The lowest BCUT2D eigenvalue weighted by molar-refractivity contribution is 1.62. The van der Waals surface area contributed by atoms with Gasteiger partial charge in [-0.15, -0.1) is 0 Å². The van der Waals surface area contributed by atoms with Crippen molar-refractivity contribution in [1.29, 1.82) is 0 Å². The fourth-order valence-corrected chi connectivity index (χ4v) is 0.204. The predicted molar refractivity (Wildman–Crippen MR) is 23.4 cm³/mol. The van der Waals surface area contributed by atoms with Gasteiger partial charge in [0, 0.05) is 0 Å². The third-order valence-electron chi connectivity index (χ3n) is 0.816. The van der Waals surface area contributed by atoms with Gasteiger partial charge in [0.2, 0.25) is 0 Å². The molecule has 0 aromatic heterocycles. The van der Waals surface area contributed by atoms with Gasteiger partial charge in [-0.1, -0.05) is 12.6 Å². The molecule has 19 valence electrons. The molecule has 1 aliphatic rings. The fraction of sp³-hybridized carbons (Fsp3) is 0.500. The zero-order chi connectivity index (χ0) is 2.83. The van der Waals surface area contributed by atoms with Gasteiger partial charge in [-0.05, 0) is 0 Å². The summed E-state index contributed by atoms with van der Waals surface area (Å²) in [6.45, 7) is 0. The van der Waals surface area contributed by atoms with Crippen molar-refractivity contribution in [2.75, 3.05) is 0 Å². The summed E-state index contributed by atoms with van der Waals surface area (Å²) in [5.74, 6) is 0. The molecule has 2 heteroatoms. The molecule has 0 nitrogen and oxygen atoms in total. The molecule has 1 fully saturated rings. The fourth-order valence-electron chi connectivity index (χ4n) is 0.204. The van der Waals surface area contributed by atoms with Gasteiger partial charge in [0.1, 0.15) is 0 Å². The highest BCUT2D eigenvalue weighted by Crippen LogP contribution is 1.92. The second-order valence-corrected chi connectivity index (χ2v) is 1.22. The van der Waals surface area contributed by atoms with Crippen molar-refractivity contribution in [1.82, 2.24) is 0 Å². The van der Waals surface area contributed by atoms with E-state index in [1.807, 2.05) is 0 Å². The molecule has 0 atom stereocenters. The Morgan fingerprint density at radius 1 is 1.75 bits per heavy atom. The molecule has 0 amide bonds. The zero-order valence-electron chi connectivity index (χ0n) is 2.70. The van der Waals surface area contributed by atoms with E-state index in [1.54, 1.807) is 0 Å². The summed E-state index contributed by atoms with van der Waals surface area (Å²) in [7, 11) is 2.82. The summed E-state index contributed by atoms with van der Waals surface area (Å²) < 4.78 is 0. The van der Waals surface area contributed by atoms with Crippen LogP contribution in [0.3, 0.4) is 0 Å². The Bertz CT molecular complexity index is 12.0. The van der Waals surface area contributed by atoms with E-state index < -0.39 is 0 Å². The molecule has 0 saturated carbocycles. The molecular weight excluding hydrogens is 45.6 g/mol. The third kappa shape index (κ3) is 0.159. The molecule has 0 N–H and O–H groups in total. The number of rotatable bonds is 0. The molecule has 0 spiro atoms. The Kier molecular flexibility index (Phi) is 0.494. The summed E-state index contributed by atoms with van der Waals surface area (Å²) in [4.78, 5) is 0. The van der Waals surface area contributed by atoms with Crippen LogP contribution < -0.4 is 0 Å². The van der Waals surface area contributed by atoms with E-state index in [-0.39, 0.29) is 0 Å². The van der Waals surface area contributed by atoms with E-state index >= 15 is 0 Å². The maximum absolute atomic E-state index is 2.31. The molecule has 0 bridgehead atoms. The van der Waals surface area contributed by atoms with Crippen molar-refractivity contribution >= 4 is 14.3 Å². The third-order valence-corrected chi connectivity index (χ3v) is 0.816. The summed E-state index contributed by atoms with van der Waals surface area (Å²) in [6.07, 6.45) is 3.68. The highest BCUT2D eigenvalue weighted by molar-refractivity contribution is 7.08. The largest absolute Gasteiger partial charge is 0.0895 e. The molecule has 1 aliphatic heterocycles. The molecule has 4 heavy (non-hydrogen) atoms. The van der Waals surface area contributed by atoms with Crippen LogP contribution in [0.2, 0.25) is 6.32 Å². The summed E-state index contributed by atoms with van der Waals surface area (Å²) in [5, 5.41) is 0. The average Bonchev–Trinajstić information content (AvgIpc) is 0.722. The van der Waals surface area contributed by atoms with Gasteiger partial charge in [0.15, 0.2) is 0 Å². The second-order valence-electron chi connectivity index (χ2n) is 1.22. The van der Waals surface area contributed by atoms with Gasteiger partial charge in [-0.2, -0.15) is 0 Å². The van der Waals surface area contributed by atoms with Crippen LogP contribution in [0.5, 0.6) is 0 Å². The summed E-state index contributed by atoms with van der Waals surface area (Å²) >= 11 is 0. The van der Waals surface area contributed by atoms with Crippen LogP contribution in [-0.2, 0) is 0 Å². The Morgan fingerprint density at radius 3 is 2.00 bits per heavy atom. The van der Waals surface area contributed by atoms with Gasteiger partial charge in [-0.25, -0.2) is 0 Å². The molecule has 0 aromatic carbocycles. The lowest BCUT2D eigenvalue weighted by atomic mass is 9.25. The van der Waals surface area contributed by atoms with Gasteiger partial charge in [0.25, 0.3) is 0 Å². The van der Waals surface area contributed by atoms with Gasteiger partial charge in [0.05, 0.1) is 14.3 Å². The minimum Gasteiger partial charge on any atom is -0.0895 e. The van der Waals surface area contributed by atoms with Crippen LogP contribution in [0.25, 0.3) is 0 Å². The van der Waals surface area contributed by atoms with Crippen LogP contribution in [0.1, 0.15) is 0 Å². The van der Waals surface area contributed by atoms with Crippen LogP contribution in [0.15, 0.2) is 0 Å². The molecule has 0 aliphatic carbocycles. The van der Waals surface area contributed by atoms with Crippen LogP contribution in [0.4, 0.5) is 0 Å². The van der Waals surface area contributed by atoms with E-state index in [2.05, 4.69) is 6.32 Å². The smallest absolute Gasteiger partial charge is 0.0889 e. The quantitative estimate of drug-likeness (QED) is 0.321. The first-order chi connectivity index (χ1) is 2.00. The maximum Gasteiger partial charge on any atom is 0.0889 e. The minimum atomic E-state index is 1.38. The first-order valence-corrected chi connectivity index (χ1v) is 1.82. The van der Waals surface area contributed by atoms with E-state index in [0.29, 0.717) is 0 Å². The number of hydrogen-bond donors (Lipinski definition) is 0. The molecule has 0 unspecified atom stereocenters. The molecule has 1 heterocycles. The normalized spacial score (nSPS) is 20.0. The van der Waals surface area contributed by atoms with E-state index in [0.717, 1.165) is 0 Å². The summed E-state index contributed by atoms with van der Waals surface area (Å²) in [6, 6.07) is 0. The Morgan fingerprint density at radius 2 is 2.00 bits per heavy atom. The van der Waals surface area contributed by atoms with Gasteiger partial charge < -0.3 is 0 Å². The monoisotopic (exact) mass is 51.1 g/mol. The Labute approximate surface area is 28.1 Å². The summed E-state index contributed by atoms with van der Waals surface area (Å²) in [5.41, 5.74) is 0. The Hall–Kier alpha value is 0.130. The number of hydrogen-bond acceptors (Lipinski definition) is 0. The lowest BCUT2D eigenvalue weighted by Gasteiger charge is -2.00. The van der Waals surface area contributed by atoms with Crippen LogP contribution in [-0.4, -0.2) is 14.3 Å². The van der Waals surface area contributed by atoms with Crippen molar-refractivity contribution in [2.45, 2.75) is 6.32 Å². The Balaban J connectivity index is 2.00. The second kappa shape index (κ2) is 0.832. The molecule has 0 aromatic rings. The molecule has 1 radical (unpaired) electrons. The SMILES string of the molecule is B1BC[CH]1. The lowest BCUT2D eigenvalue weighted by Crippen LogP contribution is -2.15. The van der Waals surface area contributed by atoms with Crippen molar-refractivity contribution in [2.24, 2.45) is 0 Å². The maximum atomic E-state index is 2.31. The van der Waals surface area contributed by atoms with Crippen LogP contribution in [0, 0.1) is 6.32 Å². The highest BCUT2D eigenvalue weighted by atomic mass is 13.6.